The summed E-state index contributed by atoms with van der Waals surface area (Å²) in [6.45, 7) is 4.06. The fourth-order valence-corrected chi connectivity index (χ4v) is 2.76. The van der Waals surface area contributed by atoms with Crippen molar-refractivity contribution in [2.75, 3.05) is 12.8 Å². The Morgan fingerprint density at radius 1 is 1.44 bits per heavy atom. The lowest BCUT2D eigenvalue weighted by Crippen LogP contribution is -2.27. The maximum absolute atomic E-state index is 5.96. The van der Waals surface area contributed by atoms with Crippen LogP contribution in [-0.4, -0.2) is 17.1 Å². The Bertz CT molecular complexity index is 404. The Kier molecular flexibility index (Phi) is 3.08. The van der Waals surface area contributed by atoms with Crippen molar-refractivity contribution < 1.29 is 4.74 Å². The van der Waals surface area contributed by atoms with Crippen molar-refractivity contribution in [3.05, 3.63) is 17.1 Å². The number of aromatic nitrogens is 2. The molecule has 0 aromatic carbocycles. The number of rotatable bonds is 3. The fourth-order valence-electron chi connectivity index (χ4n) is 1.71. The Hall–Kier alpha value is -0.810. The van der Waals surface area contributed by atoms with Gasteiger partial charge in [0.1, 0.15) is 11.4 Å². The number of thioether (sulfide) groups is 1. The van der Waals surface area contributed by atoms with Crippen LogP contribution in [0, 0.1) is 0 Å². The summed E-state index contributed by atoms with van der Waals surface area (Å²) in [7, 11) is 1.69. The summed E-state index contributed by atoms with van der Waals surface area (Å²) in [6.07, 6.45) is 0.828. The van der Waals surface area contributed by atoms with E-state index in [-0.39, 0.29) is 0 Å². The van der Waals surface area contributed by atoms with Gasteiger partial charge >= 0.3 is 0 Å². The van der Waals surface area contributed by atoms with Crippen LogP contribution in [0.25, 0.3) is 0 Å². The number of nitrogens with two attached hydrogens (primary N) is 1. The van der Waals surface area contributed by atoms with Crippen LogP contribution < -0.4 is 5.73 Å². The van der Waals surface area contributed by atoms with Gasteiger partial charge in [-0.05, 0) is 13.3 Å². The zero-order valence-electron chi connectivity index (χ0n) is 9.91. The summed E-state index contributed by atoms with van der Waals surface area (Å²) in [5.41, 5.74) is 7.70. The van der Waals surface area contributed by atoms with E-state index in [1.54, 1.807) is 7.11 Å². The predicted molar refractivity (Wildman–Crippen MR) is 66.1 cm³/mol. The highest BCUT2D eigenvalue weighted by atomic mass is 32.2. The van der Waals surface area contributed by atoms with Gasteiger partial charge in [-0.15, -0.1) is 0 Å². The van der Waals surface area contributed by atoms with E-state index in [2.05, 4.69) is 16.9 Å². The van der Waals surface area contributed by atoms with E-state index in [0.717, 1.165) is 29.2 Å². The van der Waals surface area contributed by atoms with E-state index in [0.29, 0.717) is 11.6 Å². The Morgan fingerprint density at radius 2 is 2.19 bits per heavy atom. The molecule has 1 aliphatic rings. The van der Waals surface area contributed by atoms with E-state index in [4.69, 9.17) is 10.5 Å². The molecule has 88 valence electrons. The SMILES string of the molecule is CCC(C)(OC)c1nc(N)c2c(n1)CSC2. The minimum absolute atomic E-state index is 0.434. The number of hydrogen-bond acceptors (Lipinski definition) is 5. The van der Waals surface area contributed by atoms with Crippen molar-refractivity contribution in [3.63, 3.8) is 0 Å². The second-order valence-electron chi connectivity index (χ2n) is 4.14. The number of nitrogen functional groups attached to an aromatic ring is 1. The minimum Gasteiger partial charge on any atom is -0.383 e. The number of hydrogen-bond donors (Lipinski definition) is 1. The average molecular weight is 239 g/mol. The van der Waals surface area contributed by atoms with Crippen molar-refractivity contribution >= 4 is 17.6 Å². The molecule has 1 aliphatic heterocycles. The molecule has 0 saturated carbocycles. The first kappa shape index (κ1) is 11.7. The first-order chi connectivity index (χ1) is 7.60. The molecule has 0 spiro atoms. The van der Waals surface area contributed by atoms with Gasteiger partial charge in [0.05, 0.1) is 5.69 Å². The van der Waals surface area contributed by atoms with Gasteiger partial charge < -0.3 is 10.5 Å². The molecular weight excluding hydrogens is 222 g/mol. The van der Waals surface area contributed by atoms with Crippen molar-refractivity contribution in [2.24, 2.45) is 0 Å². The quantitative estimate of drug-likeness (QED) is 0.875. The largest absolute Gasteiger partial charge is 0.383 e. The van der Waals surface area contributed by atoms with Gasteiger partial charge in [0.15, 0.2) is 5.82 Å². The summed E-state index contributed by atoms with van der Waals surface area (Å²) in [4.78, 5) is 8.98. The van der Waals surface area contributed by atoms with Crippen LogP contribution in [0.3, 0.4) is 0 Å². The summed E-state index contributed by atoms with van der Waals surface area (Å²) >= 11 is 1.83. The second-order valence-corrected chi connectivity index (χ2v) is 5.12. The molecule has 0 bridgehead atoms. The molecule has 16 heavy (non-hydrogen) atoms. The van der Waals surface area contributed by atoms with Gasteiger partial charge in [-0.25, -0.2) is 9.97 Å². The normalized spacial score (nSPS) is 18.2. The van der Waals surface area contributed by atoms with Gasteiger partial charge in [0, 0.05) is 24.2 Å². The van der Waals surface area contributed by atoms with Crippen LogP contribution in [0.4, 0.5) is 5.82 Å². The van der Waals surface area contributed by atoms with Crippen molar-refractivity contribution in [1.82, 2.24) is 9.97 Å². The molecule has 1 unspecified atom stereocenters. The fraction of sp³-hybridized carbons (Fsp3) is 0.636. The number of fused-ring (bicyclic) bond motifs is 1. The summed E-state index contributed by atoms with van der Waals surface area (Å²) in [5, 5.41) is 0. The monoisotopic (exact) mass is 239 g/mol. The lowest BCUT2D eigenvalue weighted by molar-refractivity contribution is -0.00900. The maximum Gasteiger partial charge on any atom is 0.162 e. The third-order valence-electron chi connectivity index (χ3n) is 3.21. The molecule has 0 radical (unpaired) electrons. The van der Waals surface area contributed by atoms with Crippen LogP contribution in [0.2, 0.25) is 0 Å². The summed E-state index contributed by atoms with van der Waals surface area (Å²) < 4.78 is 5.50. The third-order valence-corrected chi connectivity index (χ3v) is 4.18. The molecule has 1 aromatic rings. The van der Waals surface area contributed by atoms with Gasteiger partial charge in [-0.2, -0.15) is 11.8 Å². The molecule has 0 saturated heterocycles. The lowest BCUT2D eigenvalue weighted by atomic mass is 10.0. The Balaban J connectivity index is 2.47. The highest BCUT2D eigenvalue weighted by Gasteiger charge is 2.30. The van der Waals surface area contributed by atoms with E-state index in [9.17, 15) is 0 Å². The first-order valence-corrected chi connectivity index (χ1v) is 6.55. The summed E-state index contributed by atoms with van der Waals surface area (Å²) in [5.74, 6) is 3.17. The van der Waals surface area contributed by atoms with Crippen LogP contribution in [-0.2, 0) is 21.8 Å². The smallest absolute Gasteiger partial charge is 0.162 e. The van der Waals surface area contributed by atoms with Crippen molar-refractivity contribution in [2.45, 2.75) is 37.4 Å². The maximum atomic E-state index is 5.96. The van der Waals surface area contributed by atoms with Crippen LogP contribution in [0.15, 0.2) is 0 Å². The Labute approximate surface area is 100.0 Å². The molecule has 0 fully saturated rings. The van der Waals surface area contributed by atoms with Crippen LogP contribution in [0.5, 0.6) is 0 Å². The molecule has 5 heteroatoms. The standard InChI is InChI=1S/C11H17N3OS/c1-4-11(2,15-3)10-13-8-6-16-5-7(8)9(12)14-10/h4-6H2,1-3H3,(H2,12,13,14). The minimum atomic E-state index is -0.434. The second kappa shape index (κ2) is 4.22. The number of anilines is 1. The molecular formula is C11H17N3OS. The number of methoxy groups -OCH3 is 1. The van der Waals surface area contributed by atoms with Gasteiger partial charge in [-0.1, -0.05) is 6.92 Å². The van der Waals surface area contributed by atoms with Crippen molar-refractivity contribution in [1.29, 1.82) is 0 Å². The zero-order chi connectivity index (χ0) is 11.8. The molecule has 4 nitrogen and oxygen atoms in total. The summed E-state index contributed by atoms with van der Waals surface area (Å²) in [6, 6.07) is 0. The van der Waals surface area contributed by atoms with Crippen molar-refractivity contribution in [3.8, 4) is 0 Å². The third kappa shape index (κ3) is 1.78. The van der Waals surface area contributed by atoms with E-state index in [1.165, 1.54) is 0 Å². The number of ether oxygens (including phenoxy) is 1. The predicted octanol–water partition coefficient (Wildman–Crippen LogP) is 2.08. The molecule has 0 aliphatic carbocycles. The highest BCUT2D eigenvalue weighted by molar-refractivity contribution is 7.98. The first-order valence-electron chi connectivity index (χ1n) is 5.39. The van der Waals surface area contributed by atoms with Gasteiger partial charge in [0.2, 0.25) is 0 Å². The van der Waals surface area contributed by atoms with E-state index in [1.807, 2.05) is 18.7 Å². The van der Waals surface area contributed by atoms with E-state index >= 15 is 0 Å². The average Bonchev–Trinajstić information content (AvgIpc) is 2.76. The van der Waals surface area contributed by atoms with Crippen LogP contribution >= 0.6 is 11.8 Å². The lowest BCUT2D eigenvalue weighted by Gasteiger charge is -2.25. The van der Waals surface area contributed by atoms with Gasteiger partial charge in [-0.3, -0.25) is 0 Å². The molecule has 2 N–H and O–H groups in total. The Morgan fingerprint density at radius 3 is 2.81 bits per heavy atom. The molecule has 1 aromatic heterocycles. The zero-order valence-corrected chi connectivity index (χ0v) is 10.7. The van der Waals surface area contributed by atoms with Crippen LogP contribution in [0.1, 0.15) is 37.4 Å². The highest BCUT2D eigenvalue weighted by Crippen LogP contribution is 2.34. The van der Waals surface area contributed by atoms with E-state index < -0.39 is 5.60 Å². The topological polar surface area (TPSA) is 61.0 Å². The number of nitrogens with zero attached hydrogens (tertiary/aromatic N) is 2. The molecule has 2 heterocycles. The molecule has 0 amide bonds. The molecule has 1 atom stereocenters. The van der Waals surface area contributed by atoms with Gasteiger partial charge in [0.25, 0.3) is 0 Å². The molecule has 2 rings (SSSR count).